The molecule has 0 aliphatic heterocycles. The number of amides is 1. The zero-order chi connectivity index (χ0) is 21.3. The standard InChI is InChI=1S/C20H15ClN4O3S2/c1-25(14-6-3-2-4-7-14)20(26)15-11-10-13(21)12-17(15)24-30(27,28)18-9-5-8-16-19(18)23-29-22-16/h2-12,24H,1H3. The molecule has 0 bridgehead atoms. The van der Waals surface area contributed by atoms with Gasteiger partial charge in [-0.3, -0.25) is 9.52 Å². The van der Waals surface area contributed by atoms with Crippen LogP contribution < -0.4 is 9.62 Å². The second-order valence-electron chi connectivity index (χ2n) is 6.38. The fourth-order valence-electron chi connectivity index (χ4n) is 2.93. The van der Waals surface area contributed by atoms with Gasteiger partial charge in [0.25, 0.3) is 15.9 Å². The number of aromatic nitrogens is 2. The second-order valence-corrected chi connectivity index (χ2v) is 9.00. The topological polar surface area (TPSA) is 92.3 Å². The Morgan fingerprint density at radius 1 is 1.03 bits per heavy atom. The number of benzene rings is 3. The first-order valence-electron chi connectivity index (χ1n) is 8.73. The van der Waals surface area contributed by atoms with Gasteiger partial charge in [0.05, 0.1) is 23.0 Å². The quantitative estimate of drug-likeness (QED) is 0.477. The number of nitrogens with zero attached hydrogens (tertiary/aromatic N) is 3. The molecule has 0 aliphatic carbocycles. The zero-order valence-corrected chi connectivity index (χ0v) is 18.0. The summed E-state index contributed by atoms with van der Waals surface area (Å²) in [6.45, 7) is 0. The van der Waals surface area contributed by atoms with Gasteiger partial charge in [-0.1, -0.05) is 35.9 Å². The molecule has 0 saturated heterocycles. The highest BCUT2D eigenvalue weighted by molar-refractivity contribution is 7.93. The van der Waals surface area contributed by atoms with Crippen molar-refractivity contribution in [2.24, 2.45) is 0 Å². The van der Waals surface area contributed by atoms with Crippen molar-refractivity contribution in [3.05, 3.63) is 77.3 Å². The monoisotopic (exact) mass is 458 g/mol. The normalized spacial score (nSPS) is 11.4. The fourth-order valence-corrected chi connectivity index (χ4v) is 4.95. The molecule has 0 aliphatic rings. The lowest BCUT2D eigenvalue weighted by Crippen LogP contribution is -2.27. The van der Waals surface area contributed by atoms with Crippen LogP contribution in [0.4, 0.5) is 11.4 Å². The van der Waals surface area contributed by atoms with E-state index in [1.165, 1.54) is 29.2 Å². The van der Waals surface area contributed by atoms with Gasteiger partial charge < -0.3 is 4.90 Å². The maximum Gasteiger partial charge on any atom is 0.264 e. The maximum absolute atomic E-state index is 13.1. The summed E-state index contributed by atoms with van der Waals surface area (Å²) in [7, 11) is -2.43. The first kappa shape index (κ1) is 20.3. The van der Waals surface area contributed by atoms with Crippen molar-refractivity contribution >= 4 is 61.7 Å². The minimum absolute atomic E-state index is 0.0245. The lowest BCUT2D eigenvalue weighted by atomic mass is 10.1. The number of carbonyl (C=O) groups excluding carboxylic acids is 1. The Labute approximate surface area is 182 Å². The van der Waals surface area contributed by atoms with Crippen molar-refractivity contribution in [2.45, 2.75) is 4.90 Å². The smallest absolute Gasteiger partial charge is 0.264 e. The van der Waals surface area contributed by atoms with Crippen molar-refractivity contribution in [3.63, 3.8) is 0 Å². The molecule has 0 unspecified atom stereocenters. The van der Waals surface area contributed by atoms with E-state index < -0.39 is 10.0 Å². The number of hydrogen-bond donors (Lipinski definition) is 1. The molecule has 1 N–H and O–H groups in total. The largest absolute Gasteiger partial charge is 0.311 e. The van der Waals surface area contributed by atoms with Gasteiger partial charge in [0.15, 0.2) is 0 Å². The summed E-state index contributed by atoms with van der Waals surface area (Å²) in [4.78, 5) is 14.5. The number of halogens is 1. The molecule has 4 rings (SSSR count). The highest BCUT2D eigenvalue weighted by Gasteiger charge is 2.24. The van der Waals surface area contributed by atoms with Crippen LogP contribution in [0.25, 0.3) is 11.0 Å². The van der Waals surface area contributed by atoms with Crippen LogP contribution >= 0.6 is 23.3 Å². The van der Waals surface area contributed by atoms with Crippen LogP contribution in [0.15, 0.2) is 71.6 Å². The van der Waals surface area contributed by atoms with E-state index >= 15 is 0 Å². The second kappa shape index (κ2) is 8.02. The van der Waals surface area contributed by atoms with Gasteiger partial charge in [-0.2, -0.15) is 8.75 Å². The van der Waals surface area contributed by atoms with Crippen LogP contribution in [0, 0.1) is 0 Å². The van der Waals surface area contributed by atoms with E-state index in [0.717, 1.165) is 11.7 Å². The molecule has 30 heavy (non-hydrogen) atoms. The van der Waals surface area contributed by atoms with Crippen LogP contribution in [-0.2, 0) is 10.0 Å². The van der Waals surface area contributed by atoms with Crippen molar-refractivity contribution in [1.29, 1.82) is 0 Å². The molecular weight excluding hydrogens is 444 g/mol. The van der Waals surface area contributed by atoms with E-state index in [0.29, 0.717) is 16.2 Å². The Morgan fingerprint density at radius 2 is 1.80 bits per heavy atom. The molecule has 7 nitrogen and oxygen atoms in total. The van der Waals surface area contributed by atoms with Crippen LogP contribution in [0.3, 0.4) is 0 Å². The van der Waals surface area contributed by atoms with Gasteiger partial charge in [0.2, 0.25) is 0 Å². The molecule has 0 radical (unpaired) electrons. The number of rotatable bonds is 5. The summed E-state index contributed by atoms with van der Waals surface area (Å²) in [5.74, 6) is -0.385. The summed E-state index contributed by atoms with van der Waals surface area (Å²) in [5.41, 5.74) is 1.67. The van der Waals surface area contributed by atoms with E-state index in [4.69, 9.17) is 11.6 Å². The Bertz CT molecular complexity index is 1340. The molecule has 1 amide bonds. The number of sulfonamides is 1. The number of para-hydroxylation sites is 1. The van der Waals surface area contributed by atoms with Crippen molar-refractivity contribution in [2.75, 3.05) is 16.7 Å². The molecular formula is C20H15ClN4O3S2. The zero-order valence-electron chi connectivity index (χ0n) is 15.6. The lowest BCUT2D eigenvalue weighted by molar-refractivity contribution is 0.0994. The van der Waals surface area contributed by atoms with Crippen LogP contribution in [0.2, 0.25) is 5.02 Å². The highest BCUT2D eigenvalue weighted by atomic mass is 35.5. The number of nitrogens with one attached hydrogen (secondary N) is 1. The third kappa shape index (κ3) is 3.87. The average Bonchev–Trinajstić information content (AvgIpc) is 3.22. The van der Waals surface area contributed by atoms with E-state index in [9.17, 15) is 13.2 Å². The Hall–Kier alpha value is -3.01. The Kier molecular flexibility index (Phi) is 5.42. The summed E-state index contributed by atoms with van der Waals surface area (Å²) < 4.78 is 36.8. The van der Waals surface area contributed by atoms with Gasteiger partial charge >= 0.3 is 0 Å². The summed E-state index contributed by atoms with van der Waals surface area (Å²) in [6, 6.07) is 18.2. The van der Waals surface area contributed by atoms with Crippen molar-refractivity contribution < 1.29 is 13.2 Å². The van der Waals surface area contributed by atoms with Gasteiger partial charge in [-0.05, 0) is 42.5 Å². The summed E-state index contributed by atoms with van der Waals surface area (Å²) >= 11 is 7.02. The van der Waals surface area contributed by atoms with E-state index in [-0.39, 0.29) is 27.6 Å². The third-order valence-corrected chi connectivity index (χ3v) is 6.62. The van der Waals surface area contributed by atoms with Crippen molar-refractivity contribution in [3.8, 4) is 0 Å². The predicted octanol–water partition coefficient (Wildman–Crippen LogP) is 4.42. The lowest BCUT2D eigenvalue weighted by Gasteiger charge is -2.20. The summed E-state index contributed by atoms with van der Waals surface area (Å²) in [6.07, 6.45) is 0. The molecule has 1 heterocycles. The van der Waals surface area contributed by atoms with Crippen LogP contribution in [0.1, 0.15) is 10.4 Å². The highest BCUT2D eigenvalue weighted by Crippen LogP contribution is 2.28. The predicted molar refractivity (Wildman–Crippen MR) is 119 cm³/mol. The van der Waals surface area contributed by atoms with Gasteiger partial charge in [0, 0.05) is 17.8 Å². The Morgan fingerprint density at radius 3 is 2.57 bits per heavy atom. The van der Waals surface area contributed by atoms with E-state index in [1.54, 1.807) is 31.3 Å². The van der Waals surface area contributed by atoms with E-state index in [1.807, 2.05) is 18.2 Å². The maximum atomic E-state index is 13.1. The van der Waals surface area contributed by atoms with Crippen LogP contribution in [0.5, 0.6) is 0 Å². The van der Waals surface area contributed by atoms with Gasteiger partial charge in [0.1, 0.15) is 15.9 Å². The molecule has 0 saturated carbocycles. The van der Waals surface area contributed by atoms with Gasteiger partial charge in [-0.25, -0.2) is 8.42 Å². The fraction of sp³-hybridized carbons (Fsp3) is 0.0500. The molecule has 1 aromatic heterocycles. The van der Waals surface area contributed by atoms with Crippen molar-refractivity contribution in [1.82, 2.24) is 8.75 Å². The average molecular weight is 459 g/mol. The molecule has 152 valence electrons. The summed E-state index contributed by atoms with van der Waals surface area (Å²) in [5, 5.41) is 0.292. The molecule has 0 spiro atoms. The first-order valence-corrected chi connectivity index (χ1v) is 11.3. The minimum atomic E-state index is -4.05. The number of hydrogen-bond acceptors (Lipinski definition) is 6. The number of fused-ring (bicyclic) bond motifs is 1. The van der Waals surface area contributed by atoms with Gasteiger partial charge in [-0.15, -0.1) is 0 Å². The first-order chi connectivity index (χ1) is 14.4. The molecule has 3 aromatic carbocycles. The SMILES string of the molecule is CN(C(=O)c1ccc(Cl)cc1NS(=O)(=O)c1cccc2nsnc12)c1ccccc1. The molecule has 10 heteroatoms. The molecule has 0 fully saturated rings. The minimum Gasteiger partial charge on any atom is -0.311 e. The molecule has 4 aromatic rings. The van der Waals surface area contributed by atoms with E-state index in [2.05, 4.69) is 13.5 Å². The third-order valence-electron chi connectivity index (χ3n) is 4.44. The Balaban J connectivity index is 1.74. The molecule has 0 atom stereocenters. The number of carbonyl (C=O) groups is 1. The van der Waals surface area contributed by atoms with Crippen LogP contribution in [-0.4, -0.2) is 30.1 Å². The number of anilines is 2.